The Hall–Kier alpha value is -0.370. The molecule has 1 radical (unpaired) electrons. The lowest BCUT2D eigenvalue weighted by atomic mass is 10.5. The number of hydrogen-bond donors (Lipinski definition) is 0. The van der Waals surface area contributed by atoms with Gasteiger partial charge in [0.15, 0.2) is 0 Å². The van der Waals surface area contributed by atoms with Crippen molar-refractivity contribution in [2.75, 3.05) is 0 Å². The average Bonchev–Trinajstić information content (AvgIpc) is 2.14. The van der Waals surface area contributed by atoms with Crippen LogP contribution >= 0.6 is 11.3 Å². The van der Waals surface area contributed by atoms with Crippen LogP contribution in [-0.4, -0.2) is 4.98 Å². The van der Waals surface area contributed by atoms with Crippen molar-refractivity contribution >= 4 is 11.3 Å². The van der Waals surface area contributed by atoms with Crippen molar-refractivity contribution in [3.63, 3.8) is 0 Å². The second-order valence-electron chi connectivity index (χ2n) is 1.63. The smallest absolute Gasteiger partial charge is 0.104 e. The van der Waals surface area contributed by atoms with Crippen molar-refractivity contribution < 1.29 is 0 Å². The molecule has 1 aromatic rings. The van der Waals surface area contributed by atoms with Crippen LogP contribution in [0.25, 0.3) is 0 Å². The molecule has 0 aliphatic heterocycles. The minimum atomic E-state index is 1.04. The topological polar surface area (TPSA) is 12.9 Å². The summed E-state index contributed by atoms with van der Waals surface area (Å²) >= 11 is 1.72. The predicted molar refractivity (Wildman–Crippen MR) is 35.1 cm³/mol. The molecule has 0 aliphatic carbocycles. The highest BCUT2D eigenvalue weighted by Gasteiger charge is 1.92. The van der Waals surface area contributed by atoms with Gasteiger partial charge in [-0.1, -0.05) is 6.92 Å². The fraction of sp³-hybridized carbons (Fsp3) is 0.500. The standard InChI is InChI=1S/C6H8NS/c1-3-6-7-4-5(2)8-6/h3H2,1-2H3. The lowest BCUT2D eigenvalue weighted by Gasteiger charge is -1.78. The molecule has 1 rings (SSSR count). The number of aryl methyl sites for hydroxylation is 2. The number of rotatable bonds is 1. The summed E-state index contributed by atoms with van der Waals surface area (Å²) in [4.78, 5) is 5.21. The molecule has 0 atom stereocenters. The van der Waals surface area contributed by atoms with Gasteiger partial charge in [0.1, 0.15) is 6.20 Å². The van der Waals surface area contributed by atoms with Gasteiger partial charge in [-0.3, -0.25) is 0 Å². The van der Waals surface area contributed by atoms with E-state index in [1.807, 2.05) is 6.92 Å². The molecule has 1 nitrogen and oxygen atoms in total. The van der Waals surface area contributed by atoms with Crippen LogP contribution in [0.4, 0.5) is 0 Å². The van der Waals surface area contributed by atoms with Gasteiger partial charge in [-0.15, -0.1) is 11.3 Å². The average molecular weight is 126 g/mol. The highest BCUT2D eigenvalue weighted by Crippen LogP contribution is 2.09. The molecule has 0 amide bonds. The van der Waals surface area contributed by atoms with Crippen molar-refractivity contribution in [2.45, 2.75) is 20.3 Å². The molecule has 0 aliphatic rings. The van der Waals surface area contributed by atoms with Gasteiger partial charge in [0.05, 0.1) is 5.01 Å². The normalized spacial score (nSPS) is 9.75. The van der Waals surface area contributed by atoms with Crippen LogP contribution in [0.1, 0.15) is 16.8 Å². The van der Waals surface area contributed by atoms with Crippen molar-refractivity contribution in [1.82, 2.24) is 4.98 Å². The molecule has 0 saturated carbocycles. The minimum Gasteiger partial charge on any atom is -0.239 e. The third-order valence-corrected chi connectivity index (χ3v) is 1.92. The maximum Gasteiger partial charge on any atom is 0.104 e. The van der Waals surface area contributed by atoms with Crippen molar-refractivity contribution in [1.29, 1.82) is 0 Å². The van der Waals surface area contributed by atoms with E-state index < -0.39 is 0 Å². The first kappa shape index (κ1) is 5.76. The highest BCUT2D eigenvalue weighted by molar-refractivity contribution is 7.11. The number of thiazole rings is 1. The summed E-state index contributed by atoms with van der Waals surface area (Å²) in [6.07, 6.45) is 3.92. The summed E-state index contributed by atoms with van der Waals surface area (Å²) in [6, 6.07) is 0. The Labute approximate surface area is 53.4 Å². The molecule has 43 valence electrons. The lowest BCUT2D eigenvalue weighted by Crippen LogP contribution is -1.71. The van der Waals surface area contributed by atoms with Gasteiger partial charge >= 0.3 is 0 Å². The zero-order valence-electron chi connectivity index (χ0n) is 5.06. The van der Waals surface area contributed by atoms with E-state index in [1.165, 1.54) is 9.88 Å². The number of aromatic nitrogens is 1. The molecular weight excluding hydrogens is 118 g/mol. The van der Waals surface area contributed by atoms with Gasteiger partial charge in [0.25, 0.3) is 0 Å². The molecule has 0 fully saturated rings. The second kappa shape index (κ2) is 2.27. The molecule has 0 unspecified atom stereocenters. The van der Waals surface area contributed by atoms with Crippen LogP contribution in [0.15, 0.2) is 0 Å². The van der Waals surface area contributed by atoms with E-state index in [-0.39, 0.29) is 0 Å². The van der Waals surface area contributed by atoms with Crippen LogP contribution in [0.2, 0.25) is 0 Å². The number of nitrogens with zero attached hydrogens (tertiary/aromatic N) is 1. The third-order valence-electron chi connectivity index (χ3n) is 0.911. The molecule has 0 bridgehead atoms. The largest absolute Gasteiger partial charge is 0.239 e. The van der Waals surface area contributed by atoms with Gasteiger partial charge in [-0.05, 0) is 13.3 Å². The minimum absolute atomic E-state index is 1.04. The summed E-state index contributed by atoms with van der Waals surface area (Å²) in [7, 11) is 0. The molecule has 0 aromatic carbocycles. The zero-order chi connectivity index (χ0) is 5.98. The van der Waals surface area contributed by atoms with Crippen molar-refractivity contribution in [3.8, 4) is 0 Å². The summed E-state index contributed by atoms with van der Waals surface area (Å²) in [5, 5.41) is 1.18. The summed E-state index contributed by atoms with van der Waals surface area (Å²) in [6.45, 7) is 4.13. The van der Waals surface area contributed by atoms with Gasteiger partial charge in [-0.25, -0.2) is 4.98 Å². The molecule has 8 heavy (non-hydrogen) atoms. The molecule has 0 saturated heterocycles. The Balaban J connectivity index is 2.84. The van der Waals surface area contributed by atoms with Crippen molar-refractivity contribution in [3.05, 3.63) is 16.1 Å². The van der Waals surface area contributed by atoms with Gasteiger partial charge in [0.2, 0.25) is 0 Å². The van der Waals surface area contributed by atoms with Crippen LogP contribution in [-0.2, 0) is 6.42 Å². The van der Waals surface area contributed by atoms with E-state index in [0.717, 1.165) is 6.42 Å². The maximum atomic E-state index is 4.03. The molecular formula is C6H8NS. The Morgan fingerprint density at radius 2 is 2.50 bits per heavy atom. The third kappa shape index (κ3) is 1.07. The first-order valence-electron chi connectivity index (χ1n) is 2.67. The Morgan fingerprint density at radius 3 is 2.75 bits per heavy atom. The zero-order valence-corrected chi connectivity index (χ0v) is 5.88. The molecule has 0 N–H and O–H groups in total. The molecule has 1 heterocycles. The van der Waals surface area contributed by atoms with Crippen LogP contribution < -0.4 is 0 Å². The fourth-order valence-corrected chi connectivity index (χ4v) is 1.20. The Bertz CT molecular complexity index is 169. The van der Waals surface area contributed by atoms with E-state index in [0.29, 0.717) is 0 Å². The van der Waals surface area contributed by atoms with E-state index in [9.17, 15) is 0 Å². The van der Waals surface area contributed by atoms with E-state index in [4.69, 9.17) is 0 Å². The van der Waals surface area contributed by atoms with Crippen LogP contribution in [0, 0.1) is 13.1 Å². The monoisotopic (exact) mass is 126 g/mol. The van der Waals surface area contributed by atoms with E-state index in [2.05, 4.69) is 18.1 Å². The molecule has 1 aromatic heterocycles. The van der Waals surface area contributed by atoms with Crippen LogP contribution in [0.3, 0.4) is 0 Å². The fourth-order valence-electron chi connectivity index (χ4n) is 0.515. The quantitative estimate of drug-likeness (QED) is 0.559. The van der Waals surface area contributed by atoms with Crippen LogP contribution in [0.5, 0.6) is 0 Å². The van der Waals surface area contributed by atoms with Gasteiger partial charge in [0, 0.05) is 4.88 Å². The van der Waals surface area contributed by atoms with E-state index >= 15 is 0 Å². The summed E-state index contributed by atoms with van der Waals surface area (Å²) in [5.74, 6) is 0. The SMILES string of the molecule is CCc1n[c]c(C)s1. The number of hydrogen-bond acceptors (Lipinski definition) is 2. The Morgan fingerprint density at radius 1 is 1.75 bits per heavy atom. The van der Waals surface area contributed by atoms with Crippen molar-refractivity contribution in [2.24, 2.45) is 0 Å². The first-order valence-corrected chi connectivity index (χ1v) is 3.48. The lowest BCUT2D eigenvalue weighted by molar-refractivity contribution is 1.09. The van der Waals surface area contributed by atoms with E-state index in [1.54, 1.807) is 11.3 Å². The van der Waals surface area contributed by atoms with Gasteiger partial charge < -0.3 is 0 Å². The Kier molecular flexibility index (Phi) is 1.63. The summed E-state index contributed by atoms with van der Waals surface area (Å²) in [5.41, 5.74) is 0. The second-order valence-corrected chi connectivity index (χ2v) is 2.92. The van der Waals surface area contributed by atoms with Gasteiger partial charge in [-0.2, -0.15) is 0 Å². The summed E-state index contributed by atoms with van der Waals surface area (Å²) < 4.78 is 0. The maximum absolute atomic E-state index is 4.03. The first-order chi connectivity index (χ1) is 3.83. The molecule has 0 spiro atoms. The predicted octanol–water partition coefficient (Wildman–Crippen LogP) is 1.81. The highest BCUT2D eigenvalue weighted by atomic mass is 32.1. The molecule has 2 heteroatoms.